The molecule has 1 heterocycles. The van der Waals surface area contributed by atoms with Crippen molar-refractivity contribution in [3.63, 3.8) is 0 Å². The van der Waals surface area contributed by atoms with E-state index in [0.29, 0.717) is 42.4 Å². The molecule has 36 heavy (non-hydrogen) atoms. The Morgan fingerprint density at radius 1 is 1.03 bits per heavy atom. The van der Waals surface area contributed by atoms with Crippen molar-refractivity contribution < 1.29 is 23.9 Å². The standard InChI is InChI=1S/C28H33N3O5/c1-3-36-24-13-9-21(10-14-24)29-26(32)19-25-27(33)31(22-11-15-23(35-2)16-12-22)28(34)30(25)18-17-20-7-5-4-6-8-20/h7,9-16,25H,3-6,8,17-19H2,1-2H3,(H,29,32)/t25-/m0/s1. The van der Waals surface area contributed by atoms with E-state index in [1.54, 1.807) is 60.5 Å². The minimum atomic E-state index is -0.869. The van der Waals surface area contributed by atoms with E-state index in [2.05, 4.69) is 11.4 Å². The largest absolute Gasteiger partial charge is 0.497 e. The van der Waals surface area contributed by atoms with Crippen LogP contribution in [0.5, 0.6) is 11.5 Å². The molecule has 0 aromatic heterocycles. The summed E-state index contributed by atoms with van der Waals surface area (Å²) in [5.41, 5.74) is 2.37. The molecular weight excluding hydrogens is 458 g/mol. The van der Waals surface area contributed by atoms with Gasteiger partial charge in [0, 0.05) is 12.2 Å². The molecular formula is C28H33N3O5. The number of carbonyl (C=O) groups excluding carboxylic acids is 3. The molecule has 1 saturated heterocycles. The summed E-state index contributed by atoms with van der Waals surface area (Å²) in [5.74, 6) is 0.615. The van der Waals surface area contributed by atoms with Crippen LogP contribution in [0.1, 0.15) is 45.4 Å². The van der Waals surface area contributed by atoms with Gasteiger partial charge in [0.15, 0.2) is 0 Å². The lowest BCUT2D eigenvalue weighted by Crippen LogP contribution is -2.38. The molecule has 2 aromatic rings. The third-order valence-electron chi connectivity index (χ3n) is 6.54. The third kappa shape index (κ3) is 5.87. The summed E-state index contributed by atoms with van der Waals surface area (Å²) >= 11 is 0. The summed E-state index contributed by atoms with van der Waals surface area (Å²) in [6, 6.07) is 12.6. The van der Waals surface area contributed by atoms with Gasteiger partial charge in [-0.2, -0.15) is 0 Å². The van der Waals surface area contributed by atoms with Crippen molar-refractivity contribution >= 4 is 29.2 Å². The molecule has 0 radical (unpaired) electrons. The second-order valence-corrected chi connectivity index (χ2v) is 8.93. The number of hydrogen-bond donors (Lipinski definition) is 1. The molecule has 4 rings (SSSR count). The van der Waals surface area contributed by atoms with E-state index < -0.39 is 18.0 Å². The normalized spacial score (nSPS) is 17.7. The second-order valence-electron chi connectivity index (χ2n) is 8.93. The smallest absolute Gasteiger partial charge is 0.332 e. The van der Waals surface area contributed by atoms with Crippen molar-refractivity contribution in [1.29, 1.82) is 0 Å². The molecule has 1 aliphatic heterocycles. The highest BCUT2D eigenvalue weighted by Crippen LogP contribution is 2.30. The quantitative estimate of drug-likeness (QED) is 0.367. The fraction of sp³-hybridized carbons (Fsp3) is 0.393. The molecule has 0 saturated carbocycles. The van der Waals surface area contributed by atoms with Gasteiger partial charge in [-0.05, 0) is 87.6 Å². The summed E-state index contributed by atoms with van der Waals surface area (Å²) in [4.78, 5) is 42.5. The fourth-order valence-electron chi connectivity index (χ4n) is 4.64. The van der Waals surface area contributed by atoms with Crippen LogP contribution < -0.4 is 19.7 Å². The van der Waals surface area contributed by atoms with Crippen LogP contribution in [-0.4, -0.2) is 49.0 Å². The Morgan fingerprint density at radius 3 is 2.39 bits per heavy atom. The Bertz CT molecular complexity index is 1110. The third-order valence-corrected chi connectivity index (χ3v) is 6.54. The van der Waals surface area contributed by atoms with E-state index in [1.807, 2.05) is 6.92 Å². The molecule has 1 N–H and O–H groups in total. The first kappa shape index (κ1) is 25.3. The minimum absolute atomic E-state index is 0.122. The van der Waals surface area contributed by atoms with Crippen LogP contribution >= 0.6 is 0 Å². The second kappa shape index (κ2) is 11.7. The SMILES string of the molecule is CCOc1ccc(NC(=O)C[C@H]2C(=O)N(c3ccc(OC)cc3)C(=O)N2CCC2=CCCCC2)cc1. The molecule has 1 atom stereocenters. The van der Waals surface area contributed by atoms with Crippen molar-refractivity contribution in [2.45, 2.75) is 51.5 Å². The van der Waals surface area contributed by atoms with Crippen molar-refractivity contribution in [2.24, 2.45) is 0 Å². The van der Waals surface area contributed by atoms with Crippen LogP contribution in [0, 0.1) is 0 Å². The van der Waals surface area contributed by atoms with Crippen LogP contribution in [-0.2, 0) is 9.59 Å². The van der Waals surface area contributed by atoms with E-state index in [9.17, 15) is 14.4 Å². The predicted molar refractivity (Wildman–Crippen MR) is 138 cm³/mol. The fourth-order valence-corrected chi connectivity index (χ4v) is 4.64. The van der Waals surface area contributed by atoms with E-state index in [-0.39, 0.29) is 12.3 Å². The van der Waals surface area contributed by atoms with E-state index >= 15 is 0 Å². The first-order chi connectivity index (χ1) is 17.5. The lowest BCUT2D eigenvalue weighted by molar-refractivity contribution is -0.124. The van der Waals surface area contributed by atoms with Gasteiger partial charge in [-0.25, -0.2) is 9.69 Å². The molecule has 8 heteroatoms. The van der Waals surface area contributed by atoms with Gasteiger partial charge in [0.25, 0.3) is 5.91 Å². The van der Waals surface area contributed by atoms with Crippen molar-refractivity contribution in [1.82, 2.24) is 4.90 Å². The summed E-state index contributed by atoms with van der Waals surface area (Å²) < 4.78 is 10.6. The number of hydrogen-bond acceptors (Lipinski definition) is 5. The zero-order valence-electron chi connectivity index (χ0n) is 20.9. The number of benzene rings is 2. The van der Waals surface area contributed by atoms with Gasteiger partial charge in [0.1, 0.15) is 17.5 Å². The summed E-state index contributed by atoms with van der Waals surface area (Å²) in [6.45, 7) is 2.85. The molecule has 0 unspecified atom stereocenters. The highest BCUT2D eigenvalue weighted by Gasteiger charge is 2.46. The number of urea groups is 1. The molecule has 2 aliphatic rings. The van der Waals surface area contributed by atoms with Crippen molar-refractivity contribution in [3.8, 4) is 11.5 Å². The number of rotatable bonds is 10. The molecule has 0 bridgehead atoms. The molecule has 190 valence electrons. The molecule has 1 fully saturated rings. The van der Waals surface area contributed by atoms with Crippen molar-refractivity contribution in [2.75, 3.05) is 30.5 Å². The maximum Gasteiger partial charge on any atom is 0.332 e. The maximum absolute atomic E-state index is 13.5. The highest BCUT2D eigenvalue weighted by molar-refractivity contribution is 6.22. The van der Waals surface area contributed by atoms with Crippen molar-refractivity contribution in [3.05, 3.63) is 60.2 Å². The average Bonchev–Trinajstić information content (AvgIpc) is 3.13. The van der Waals surface area contributed by atoms with E-state index in [1.165, 1.54) is 16.9 Å². The average molecular weight is 492 g/mol. The number of imide groups is 1. The van der Waals surface area contributed by atoms with Crippen LogP contribution in [0.15, 0.2) is 60.2 Å². The number of nitrogens with one attached hydrogen (secondary N) is 1. The zero-order valence-corrected chi connectivity index (χ0v) is 20.9. The molecule has 4 amide bonds. The van der Waals surface area contributed by atoms with Crippen LogP contribution in [0.4, 0.5) is 16.2 Å². The number of allylic oxidation sites excluding steroid dienone is 1. The number of ether oxygens (including phenoxy) is 2. The lowest BCUT2D eigenvalue weighted by Gasteiger charge is -2.23. The Hall–Kier alpha value is -3.81. The Balaban J connectivity index is 1.50. The van der Waals surface area contributed by atoms with E-state index in [4.69, 9.17) is 9.47 Å². The van der Waals surface area contributed by atoms with Crippen LogP contribution in [0.25, 0.3) is 0 Å². The predicted octanol–water partition coefficient (Wildman–Crippen LogP) is 5.15. The number of methoxy groups -OCH3 is 1. The maximum atomic E-state index is 13.5. The molecule has 0 spiro atoms. The Labute approximate surface area is 211 Å². The van der Waals surface area contributed by atoms with Crippen LogP contribution in [0.2, 0.25) is 0 Å². The van der Waals surface area contributed by atoms with Gasteiger partial charge < -0.3 is 19.7 Å². The number of nitrogens with zero attached hydrogens (tertiary/aromatic N) is 2. The monoisotopic (exact) mass is 491 g/mol. The van der Waals surface area contributed by atoms with Gasteiger partial charge in [-0.15, -0.1) is 0 Å². The summed E-state index contributed by atoms with van der Waals surface area (Å²) in [5, 5.41) is 2.84. The lowest BCUT2D eigenvalue weighted by atomic mass is 9.97. The Morgan fingerprint density at radius 2 is 1.75 bits per heavy atom. The molecule has 8 nitrogen and oxygen atoms in total. The molecule has 2 aromatic carbocycles. The number of anilines is 2. The summed E-state index contributed by atoms with van der Waals surface area (Å²) in [7, 11) is 1.56. The first-order valence-electron chi connectivity index (χ1n) is 12.5. The van der Waals surface area contributed by atoms with Gasteiger partial charge in [-0.1, -0.05) is 11.6 Å². The number of amides is 4. The zero-order chi connectivity index (χ0) is 25.5. The Kier molecular flexibility index (Phi) is 8.25. The van der Waals surface area contributed by atoms with Crippen LogP contribution in [0.3, 0.4) is 0 Å². The van der Waals surface area contributed by atoms with Gasteiger partial charge >= 0.3 is 6.03 Å². The minimum Gasteiger partial charge on any atom is -0.497 e. The topological polar surface area (TPSA) is 88.2 Å². The van der Waals surface area contributed by atoms with Gasteiger partial charge in [0.05, 0.1) is 25.8 Å². The summed E-state index contributed by atoms with van der Waals surface area (Å²) in [6.07, 6.45) is 7.21. The van der Waals surface area contributed by atoms with Gasteiger partial charge in [-0.3, -0.25) is 9.59 Å². The first-order valence-corrected chi connectivity index (χ1v) is 12.5. The van der Waals surface area contributed by atoms with Gasteiger partial charge in [0.2, 0.25) is 5.91 Å². The van der Waals surface area contributed by atoms with E-state index in [0.717, 1.165) is 19.3 Å². The highest BCUT2D eigenvalue weighted by atomic mass is 16.5. The molecule has 1 aliphatic carbocycles. The number of carbonyl (C=O) groups is 3.